The van der Waals surface area contributed by atoms with Crippen LogP contribution in [0.2, 0.25) is 0 Å². The summed E-state index contributed by atoms with van der Waals surface area (Å²) in [4.78, 5) is 0. The highest BCUT2D eigenvalue weighted by Gasteiger charge is 2.52. The molecule has 122 valence electrons. The van der Waals surface area contributed by atoms with Crippen LogP contribution in [0.5, 0.6) is 5.75 Å². The van der Waals surface area contributed by atoms with E-state index in [1.54, 1.807) is 23.0 Å². The summed E-state index contributed by atoms with van der Waals surface area (Å²) >= 11 is 0. The van der Waals surface area contributed by atoms with Crippen molar-refractivity contribution in [2.45, 2.75) is 45.4 Å². The molecule has 1 saturated heterocycles. The molecule has 0 spiro atoms. The summed E-state index contributed by atoms with van der Waals surface area (Å²) in [7, 11) is -2.88. The van der Waals surface area contributed by atoms with Crippen LogP contribution in [-0.4, -0.2) is 35.1 Å². The van der Waals surface area contributed by atoms with Gasteiger partial charge in [-0.3, -0.25) is 4.68 Å². The first kappa shape index (κ1) is 12.6. The molecule has 1 fully saturated rings. The topological polar surface area (TPSA) is 45.5 Å². The van der Waals surface area contributed by atoms with Gasteiger partial charge in [0.25, 0.3) is 0 Å². The number of hydrogen-bond acceptors (Lipinski definition) is 4. The van der Waals surface area contributed by atoms with Crippen molar-refractivity contribution in [3.05, 3.63) is 42.2 Å². The first-order valence-corrected chi connectivity index (χ1v) is 7.61. The van der Waals surface area contributed by atoms with Crippen molar-refractivity contribution in [2.24, 2.45) is 0 Å². The molecule has 0 aliphatic carbocycles. The van der Waals surface area contributed by atoms with Crippen molar-refractivity contribution in [1.82, 2.24) is 9.78 Å². The molecule has 0 saturated carbocycles. The monoisotopic (exact) mass is 317 g/mol. The van der Waals surface area contributed by atoms with Crippen molar-refractivity contribution in [3.63, 3.8) is 0 Å². The Labute approximate surface area is 141 Å². The van der Waals surface area contributed by atoms with Gasteiger partial charge in [-0.25, -0.2) is 0 Å². The fourth-order valence-electron chi connectivity index (χ4n) is 2.42. The van der Waals surface area contributed by atoms with Crippen molar-refractivity contribution in [3.8, 4) is 5.75 Å². The van der Waals surface area contributed by atoms with Crippen molar-refractivity contribution < 1.29 is 18.2 Å². The van der Waals surface area contributed by atoms with Crippen LogP contribution in [-0.2, 0) is 15.9 Å². The lowest BCUT2D eigenvalue weighted by Gasteiger charge is -2.32. The van der Waals surface area contributed by atoms with Crippen molar-refractivity contribution in [1.29, 1.82) is 0 Å². The summed E-state index contributed by atoms with van der Waals surface area (Å²) in [6.07, 6.45) is 3.64. The highest BCUT2D eigenvalue weighted by molar-refractivity contribution is 6.61. The summed E-state index contributed by atoms with van der Waals surface area (Å²) in [5.74, 6) is 0.312. The van der Waals surface area contributed by atoms with Crippen LogP contribution < -0.4 is 10.2 Å². The van der Waals surface area contributed by atoms with Gasteiger partial charge in [0, 0.05) is 17.9 Å². The summed E-state index contributed by atoms with van der Waals surface area (Å²) < 4.78 is 40.1. The van der Waals surface area contributed by atoms with E-state index in [2.05, 4.69) is 5.10 Å². The Hall–Kier alpha value is -1.79. The van der Waals surface area contributed by atoms with E-state index in [-0.39, 0.29) is 0 Å². The van der Waals surface area contributed by atoms with Gasteiger partial charge in [-0.1, -0.05) is 12.1 Å². The van der Waals surface area contributed by atoms with Crippen LogP contribution in [0.1, 0.15) is 37.4 Å². The number of ether oxygens (including phenoxy) is 1. The number of nitrogens with zero attached hydrogens (tertiary/aromatic N) is 2. The zero-order valence-corrected chi connectivity index (χ0v) is 13.9. The van der Waals surface area contributed by atoms with E-state index < -0.39 is 25.4 Å². The molecule has 0 atom stereocenters. The predicted octanol–water partition coefficient (Wildman–Crippen LogP) is 2.24. The predicted molar refractivity (Wildman–Crippen MR) is 90.0 cm³/mol. The molecule has 5 nitrogen and oxygen atoms in total. The van der Waals surface area contributed by atoms with E-state index >= 15 is 0 Å². The van der Waals surface area contributed by atoms with Gasteiger partial charge in [0.15, 0.2) is 0 Å². The second-order valence-electron chi connectivity index (χ2n) is 6.81. The van der Waals surface area contributed by atoms with Crippen LogP contribution >= 0.6 is 0 Å². The van der Waals surface area contributed by atoms with Crippen LogP contribution in [0, 0.1) is 0 Å². The Bertz CT molecular complexity index is 756. The van der Waals surface area contributed by atoms with E-state index in [9.17, 15) is 0 Å². The molecule has 1 aromatic heterocycles. The highest BCUT2D eigenvalue weighted by Crippen LogP contribution is 2.36. The average molecular weight is 317 g/mol. The molecule has 0 unspecified atom stereocenters. The van der Waals surface area contributed by atoms with Crippen LogP contribution in [0.15, 0.2) is 36.7 Å². The lowest BCUT2D eigenvalue weighted by atomic mass is 9.82. The standard InChI is InChI=1S/C17H23BN2O3/c1-16(2)17(3,4)23-18(22-16)14-10-19-20(12-14)11-13-6-8-15(21-5)9-7-13/h6-10,12H,11H2,1-5H3/i5D3. The molecule has 23 heavy (non-hydrogen) atoms. The molecule has 2 heterocycles. The van der Waals surface area contributed by atoms with E-state index in [0.717, 1.165) is 11.0 Å². The Kier molecular flexibility index (Phi) is 3.12. The fourth-order valence-corrected chi connectivity index (χ4v) is 2.42. The highest BCUT2D eigenvalue weighted by atomic mass is 16.7. The van der Waals surface area contributed by atoms with Gasteiger partial charge in [0.2, 0.25) is 0 Å². The lowest BCUT2D eigenvalue weighted by molar-refractivity contribution is 0.00578. The van der Waals surface area contributed by atoms with Gasteiger partial charge < -0.3 is 14.0 Å². The zero-order chi connectivity index (χ0) is 19.2. The smallest absolute Gasteiger partial charge is 0.497 e. The third-order valence-electron chi connectivity index (χ3n) is 4.56. The fraction of sp³-hybridized carbons (Fsp3) is 0.471. The zero-order valence-electron chi connectivity index (χ0n) is 16.9. The van der Waals surface area contributed by atoms with Gasteiger partial charge in [0.1, 0.15) is 5.75 Å². The molecule has 2 aromatic rings. The molecular formula is C17H23BN2O3. The van der Waals surface area contributed by atoms with E-state index in [1.165, 1.54) is 0 Å². The maximum Gasteiger partial charge on any atom is 0.498 e. The Morgan fingerprint density at radius 3 is 2.43 bits per heavy atom. The normalized spacial score (nSPS) is 21.6. The largest absolute Gasteiger partial charge is 0.498 e. The van der Waals surface area contributed by atoms with Crippen molar-refractivity contribution in [2.75, 3.05) is 7.04 Å². The number of hydrogen-bond donors (Lipinski definition) is 0. The molecule has 0 N–H and O–H groups in total. The molecule has 3 rings (SSSR count). The van der Waals surface area contributed by atoms with Gasteiger partial charge in [-0.15, -0.1) is 0 Å². The van der Waals surface area contributed by atoms with Gasteiger partial charge >= 0.3 is 7.12 Å². The molecule has 1 aliphatic rings. The van der Waals surface area contributed by atoms with E-state index in [1.807, 2.05) is 46.0 Å². The molecule has 0 bridgehead atoms. The Balaban J connectivity index is 1.66. The second-order valence-corrected chi connectivity index (χ2v) is 6.81. The number of rotatable bonds is 4. The summed E-state index contributed by atoms with van der Waals surface area (Å²) in [6, 6.07) is 6.91. The number of aromatic nitrogens is 2. The maximum atomic E-state index is 7.12. The molecular weight excluding hydrogens is 291 g/mol. The first-order valence-electron chi connectivity index (χ1n) is 9.11. The van der Waals surface area contributed by atoms with Crippen LogP contribution in [0.4, 0.5) is 0 Å². The summed E-state index contributed by atoms with van der Waals surface area (Å²) in [6.45, 7) is 8.61. The second kappa shape index (κ2) is 5.69. The van der Waals surface area contributed by atoms with Gasteiger partial charge in [0.05, 0.1) is 28.9 Å². The number of benzene rings is 1. The van der Waals surface area contributed by atoms with Crippen LogP contribution in [0.25, 0.3) is 0 Å². The molecule has 0 radical (unpaired) electrons. The Morgan fingerprint density at radius 1 is 1.17 bits per heavy atom. The summed E-state index contributed by atoms with van der Waals surface area (Å²) in [5.41, 5.74) is 1.06. The molecule has 6 heteroatoms. The minimum Gasteiger partial charge on any atom is -0.497 e. The van der Waals surface area contributed by atoms with Crippen molar-refractivity contribution >= 4 is 12.6 Å². The maximum absolute atomic E-state index is 7.12. The van der Waals surface area contributed by atoms with E-state index in [4.69, 9.17) is 18.2 Å². The van der Waals surface area contributed by atoms with Gasteiger partial charge in [-0.2, -0.15) is 5.10 Å². The van der Waals surface area contributed by atoms with Crippen LogP contribution in [0.3, 0.4) is 0 Å². The third-order valence-corrected chi connectivity index (χ3v) is 4.56. The van der Waals surface area contributed by atoms with Gasteiger partial charge in [-0.05, 0) is 45.4 Å². The van der Waals surface area contributed by atoms with E-state index in [0.29, 0.717) is 12.3 Å². The lowest BCUT2D eigenvalue weighted by Crippen LogP contribution is -2.41. The minimum absolute atomic E-state index is 0.312. The minimum atomic E-state index is -2.44. The third kappa shape index (κ3) is 3.14. The summed E-state index contributed by atoms with van der Waals surface area (Å²) in [5, 5.41) is 4.37. The number of methoxy groups -OCH3 is 1. The molecule has 1 aliphatic heterocycles. The Morgan fingerprint density at radius 2 is 1.83 bits per heavy atom. The SMILES string of the molecule is [2H]C([2H])([2H])Oc1ccc(Cn2cc(B3OC(C)(C)C(C)(C)O3)cn2)cc1. The molecule has 0 amide bonds. The quantitative estimate of drug-likeness (QED) is 0.812. The molecule has 1 aromatic carbocycles. The first-order chi connectivity index (χ1) is 12.0. The average Bonchev–Trinajstić information content (AvgIpc) is 3.02.